The Morgan fingerprint density at radius 3 is 2.74 bits per heavy atom. The minimum Gasteiger partial charge on any atom is -0.461 e. The maximum atomic E-state index is 17.5. The van der Waals surface area contributed by atoms with Crippen molar-refractivity contribution < 1.29 is 27.8 Å². The van der Waals surface area contributed by atoms with Gasteiger partial charge in [-0.25, -0.2) is 13.2 Å². The van der Waals surface area contributed by atoms with Crippen LogP contribution < -0.4 is 15.4 Å². The van der Waals surface area contributed by atoms with Gasteiger partial charge in [-0.3, -0.25) is 9.80 Å². The molecule has 2 bridgehead atoms. The van der Waals surface area contributed by atoms with Crippen molar-refractivity contribution in [3.63, 3.8) is 0 Å². The molecule has 3 N–H and O–H groups in total. The number of piperidine rings is 1. The lowest BCUT2D eigenvalue weighted by atomic mass is 9.85. The molecule has 2 aromatic carbocycles. The van der Waals surface area contributed by atoms with E-state index >= 15 is 8.78 Å². The second kappa shape index (κ2) is 11.9. The number of hydrogen-bond acceptors (Lipinski definition) is 11. The quantitative estimate of drug-likeness (QED) is 0.255. The van der Waals surface area contributed by atoms with Crippen LogP contribution in [0, 0.1) is 28.9 Å². The number of ether oxygens (including phenoxy) is 2. The summed E-state index contributed by atoms with van der Waals surface area (Å²) in [6.45, 7) is 6.00. The highest BCUT2D eigenvalue weighted by Crippen LogP contribution is 2.50. The van der Waals surface area contributed by atoms with Crippen LogP contribution in [0.4, 0.5) is 24.0 Å². The standard InChI is InChI=1S/C36H38F3N7O3S/c1-18(14-47)10-44-12-20-7-21(13-44)46(20)34-29-24-16-48-15-23(24)28(30-25(38)3-4-26-27(30)22(9-40)33(41)50-26)31(39)32(29)42-35(43-34)49-17-36-5-2-6-45(36)11-19(37)8-36/h3-4,18-21,47H,2,5-8,10-17,41H2,1H3/t18?,19-,20?,21?,36?/m1/s1. The van der Waals surface area contributed by atoms with Gasteiger partial charge in [0.1, 0.15) is 41.0 Å². The minimum absolute atomic E-state index is 0.00240. The Hall–Kier alpha value is -3.74. The van der Waals surface area contributed by atoms with Gasteiger partial charge in [0.25, 0.3) is 0 Å². The van der Waals surface area contributed by atoms with E-state index in [0.717, 1.165) is 56.8 Å². The van der Waals surface area contributed by atoms with Gasteiger partial charge in [-0.15, -0.1) is 11.3 Å². The number of fused-ring (bicyclic) bond motifs is 7. The van der Waals surface area contributed by atoms with Gasteiger partial charge in [0.05, 0.1) is 29.7 Å². The lowest BCUT2D eigenvalue weighted by molar-refractivity contribution is 0.0868. The number of anilines is 2. The van der Waals surface area contributed by atoms with E-state index in [1.807, 2.05) is 6.92 Å². The average Bonchev–Trinajstić information content (AvgIpc) is 3.86. The molecule has 4 aromatic rings. The van der Waals surface area contributed by atoms with Gasteiger partial charge in [0.15, 0.2) is 5.82 Å². The molecular weight excluding hydrogens is 668 g/mol. The molecule has 6 aliphatic heterocycles. The van der Waals surface area contributed by atoms with Gasteiger partial charge in [-0.05, 0) is 55.0 Å². The number of rotatable bonds is 8. The third kappa shape index (κ3) is 4.81. The summed E-state index contributed by atoms with van der Waals surface area (Å²) in [5.41, 5.74) is 6.97. The SMILES string of the molecule is CC(CO)CN1CC2CC(C1)N2c1nc(OCC23CCCN2C[C@H](F)C3)nc2c(F)c(-c3c(F)ccc4sc(N)c(C#N)c34)c3c(c12)COC3. The van der Waals surface area contributed by atoms with Crippen molar-refractivity contribution in [1.82, 2.24) is 19.8 Å². The fourth-order valence-electron chi connectivity index (χ4n) is 9.38. The van der Waals surface area contributed by atoms with Gasteiger partial charge < -0.3 is 25.2 Å². The van der Waals surface area contributed by atoms with Crippen molar-refractivity contribution >= 4 is 43.1 Å². The molecule has 10 nitrogen and oxygen atoms in total. The molecule has 6 aliphatic rings. The first kappa shape index (κ1) is 32.2. The number of alkyl halides is 1. The number of benzene rings is 2. The van der Waals surface area contributed by atoms with E-state index in [4.69, 9.17) is 25.2 Å². The van der Waals surface area contributed by atoms with E-state index < -0.39 is 23.3 Å². The number of nitrogens with two attached hydrogens (primary N) is 1. The molecule has 0 radical (unpaired) electrons. The third-order valence-corrected chi connectivity index (χ3v) is 12.6. The summed E-state index contributed by atoms with van der Waals surface area (Å²) < 4.78 is 61.0. The van der Waals surface area contributed by atoms with Gasteiger partial charge in [-0.1, -0.05) is 6.92 Å². The highest BCUT2D eigenvalue weighted by Gasteiger charge is 2.50. The molecule has 14 heteroatoms. The zero-order valence-corrected chi connectivity index (χ0v) is 28.5. The van der Waals surface area contributed by atoms with Crippen molar-refractivity contribution in [2.24, 2.45) is 5.92 Å². The summed E-state index contributed by atoms with van der Waals surface area (Å²) in [6, 6.07) is 5.14. The highest BCUT2D eigenvalue weighted by molar-refractivity contribution is 7.23. The van der Waals surface area contributed by atoms with E-state index in [1.54, 1.807) is 6.07 Å². The fraction of sp³-hybridized carbons (Fsp3) is 0.528. The van der Waals surface area contributed by atoms with Crippen molar-refractivity contribution in [3.8, 4) is 23.2 Å². The summed E-state index contributed by atoms with van der Waals surface area (Å²) in [5, 5.41) is 20.7. The van der Waals surface area contributed by atoms with Crippen molar-refractivity contribution in [3.05, 3.63) is 40.5 Å². The number of aromatic nitrogens is 2. The smallest absolute Gasteiger partial charge is 0.319 e. The molecule has 0 spiro atoms. The lowest BCUT2D eigenvalue weighted by Gasteiger charge is -2.57. The maximum absolute atomic E-state index is 17.5. The Morgan fingerprint density at radius 2 is 1.96 bits per heavy atom. The van der Waals surface area contributed by atoms with Crippen LogP contribution in [0.1, 0.15) is 49.3 Å². The first-order valence-electron chi connectivity index (χ1n) is 17.4. The fourth-order valence-corrected chi connectivity index (χ4v) is 10.3. The first-order valence-corrected chi connectivity index (χ1v) is 18.2. The van der Waals surface area contributed by atoms with Gasteiger partial charge >= 0.3 is 6.01 Å². The topological polar surface area (TPSA) is 124 Å². The largest absolute Gasteiger partial charge is 0.461 e. The van der Waals surface area contributed by atoms with Gasteiger partial charge in [0.2, 0.25) is 0 Å². The number of halogens is 3. The Bertz CT molecular complexity index is 2080. The summed E-state index contributed by atoms with van der Waals surface area (Å²) in [6.07, 6.45) is 2.12. The normalized spacial score (nSPS) is 26.7. The molecule has 50 heavy (non-hydrogen) atoms. The highest BCUT2D eigenvalue weighted by atomic mass is 32.1. The zero-order chi connectivity index (χ0) is 34.5. The van der Waals surface area contributed by atoms with E-state index in [0.29, 0.717) is 40.0 Å². The average molecular weight is 706 g/mol. The van der Waals surface area contributed by atoms with Gasteiger partial charge in [0, 0.05) is 72.5 Å². The number of nitrogen functional groups attached to an aromatic ring is 1. The molecule has 262 valence electrons. The van der Waals surface area contributed by atoms with Crippen molar-refractivity contribution in [2.75, 3.05) is 56.6 Å². The molecule has 0 saturated carbocycles. The van der Waals surface area contributed by atoms with Crippen LogP contribution >= 0.6 is 11.3 Å². The molecule has 2 aromatic heterocycles. The molecule has 8 heterocycles. The first-order chi connectivity index (χ1) is 24.2. The second-order valence-electron chi connectivity index (χ2n) is 14.8. The Balaban J connectivity index is 1.22. The number of aliphatic hydroxyl groups is 1. The molecule has 0 amide bonds. The number of thiophene rings is 1. The zero-order valence-electron chi connectivity index (χ0n) is 27.7. The third-order valence-electron chi connectivity index (χ3n) is 11.6. The second-order valence-corrected chi connectivity index (χ2v) is 15.8. The number of nitriles is 1. The van der Waals surface area contributed by atoms with E-state index in [1.165, 1.54) is 6.07 Å². The number of piperazine rings is 1. The van der Waals surface area contributed by atoms with E-state index in [9.17, 15) is 14.8 Å². The van der Waals surface area contributed by atoms with Crippen LogP contribution in [0.2, 0.25) is 0 Å². The van der Waals surface area contributed by atoms with Crippen LogP contribution in [0.5, 0.6) is 6.01 Å². The Kier molecular flexibility index (Phi) is 7.67. The number of hydrogen-bond donors (Lipinski definition) is 2. The lowest BCUT2D eigenvalue weighted by Crippen LogP contribution is -2.69. The predicted molar refractivity (Wildman–Crippen MR) is 184 cm³/mol. The molecule has 5 fully saturated rings. The predicted octanol–water partition coefficient (Wildman–Crippen LogP) is 5.12. The van der Waals surface area contributed by atoms with Crippen LogP contribution in [0.25, 0.3) is 32.1 Å². The van der Waals surface area contributed by atoms with Crippen LogP contribution in [0.3, 0.4) is 0 Å². The summed E-state index contributed by atoms with van der Waals surface area (Å²) in [4.78, 5) is 16.4. The molecule has 10 rings (SSSR count). The van der Waals surface area contributed by atoms with Gasteiger partial charge in [-0.2, -0.15) is 15.2 Å². The molecule has 4 unspecified atom stereocenters. The summed E-state index contributed by atoms with van der Waals surface area (Å²) in [5.74, 6) is -0.720. The maximum Gasteiger partial charge on any atom is 0.319 e. The number of nitrogens with zero attached hydrogens (tertiary/aromatic N) is 6. The summed E-state index contributed by atoms with van der Waals surface area (Å²) >= 11 is 1.16. The molecular formula is C36H38F3N7O3S. The van der Waals surface area contributed by atoms with E-state index in [2.05, 4.69) is 20.8 Å². The monoisotopic (exact) mass is 705 g/mol. The Morgan fingerprint density at radius 1 is 1.16 bits per heavy atom. The van der Waals surface area contributed by atoms with E-state index in [-0.39, 0.29) is 83.0 Å². The van der Waals surface area contributed by atoms with Crippen molar-refractivity contribution in [1.29, 1.82) is 5.26 Å². The number of aliphatic hydroxyl groups excluding tert-OH is 1. The molecule has 5 atom stereocenters. The van der Waals surface area contributed by atoms with Crippen LogP contribution in [0.15, 0.2) is 12.1 Å². The van der Waals surface area contributed by atoms with Crippen LogP contribution in [-0.4, -0.2) is 94.6 Å². The minimum atomic E-state index is -0.936. The van der Waals surface area contributed by atoms with Crippen molar-refractivity contribution in [2.45, 2.75) is 69.6 Å². The Labute approximate surface area is 291 Å². The molecule has 0 aliphatic carbocycles. The van der Waals surface area contributed by atoms with Crippen LogP contribution in [-0.2, 0) is 18.0 Å². The summed E-state index contributed by atoms with van der Waals surface area (Å²) in [7, 11) is 0. The molecule has 5 saturated heterocycles.